The van der Waals surface area contributed by atoms with E-state index in [4.69, 9.17) is 0 Å². The third-order valence-corrected chi connectivity index (χ3v) is 6.89. The van der Waals surface area contributed by atoms with Crippen molar-refractivity contribution in [2.24, 2.45) is 0 Å². The molecule has 0 unspecified atom stereocenters. The molecule has 0 spiro atoms. The molecule has 6 aromatic rings. The van der Waals surface area contributed by atoms with Crippen molar-refractivity contribution in [3.63, 3.8) is 0 Å². The number of nitrogens with one attached hydrogen (secondary N) is 2. The second-order valence-corrected chi connectivity index (χ2v) is 9.30. The molecule has 2 N–H and O–H groups in total. The minimum atomic E-state index is 1.09. The van der Waals surface area contributed by atoms with Crippen molar-refractivity contribution in [2.75, 3.05) is 10.6 Å². The predicted molar refractivity (Wildman–Crippen MR) is 156 cm³/mol. The standard InChI is InChI=1S/C34H28N2/c1-23-11-9-17-29-27(19-21-31(33(23)29)35-25-13-5-3-6-14-25)28-20-22-32(36-26-15-7-4-8-16-26)34-24(2)12-10-18-30(28)34/h3-22,35-36H,1-2H3. The Morgan fingerprint density at radius 3 is 1.22 bits per heavy atom. The van der Waals surface area contributed by atoms with E-state index < -0.39 is 0 Å². The minimum Gasteiger partial charge on any atom is -0.355 e. The lowest BCUT2D eigenvalue weighted by Gasteiger charge is -2.19. The normalized spacial score (nSPS) is 11.1. The summed E-state index contributed by atoms with van der Waals surface area (Å²) in [6.07, 6.45) is 0. The number of hydrogen-bond acceptors (Lipinski definition) is 2. The van der Waals surface area contributed by atoms with Gasteiger partial charge in [0.05, 0.1) is 0 Å². The Hall–Kier alpha value is -4.56. The van der Waals surface area contributed by atoms with Gasteiger partial charge in [0, 0.05) is 33.5 Å². The summed E-state index contributed by atoms with van der Waals surface area (Å²) in [5.74, 6) is 0. The monoisotopic (exact) mass is 464 g/mol. The summed E-state index contributed by atoms with van der Waals surface area (Å²) in [6, 6.07) is 42.9. The Bertz CT molecular complexity index is 1560. The van der Waals surface area contributed by atoms with Crippen LogP contribution in [0.3, 0.4) is 0 Å². The molecular formula is C34H28N2. The van der Waals surface area contributed by atoms with E-state index in [-0.39, 0.29) is 0 Å². The van der Waals surface area contributed by atoms with Crippen LogP contribution in [0.15, 0.2) is 121 Å². The molecule has 2 heteroatoms. The fourth-order valence-electron chi connectivity index (χ4n) is 5.21. The van der Waals surface area contributed by atoms with Crippen LogP contribution in [0.5, 0.6) is 0 Å². The zero-order chi connectivity index (χ0) is 24.5. The molecule has 0 saturated carbocycles. The number of benzene rings is 6. The van der Waals surface area contributed by atoms with E-state index in [1.807, 2.05) is 12.1 Å². The van der Waals surface area contributed by atoms with Crippen LogP contribution in [-0.4, -0.2) is 0 Å². The van der Waals surface area contributed by atoms with Crippen LogP contribution in [0.2, 0.25) is 0 Å². The largest absolute Gasteiger partial charge is 0.355 e. The molecule has 0 amide bonds. The van der Waals surface area contributed by atoms with Crippen molar-refractivity contribution in [3.05, 3.63) is 132 Å². The van der Waals surface area contributed by atoms with E-state index >= 15 is 0 Å². The van der Waals surface area contributed by atoms with Crippen molar-refractivity contribution in [1.82, 2.24) is 0 Å². The second-order valence-electron chi connectivity index (χ2n) is 9.30. The first kappa shape index (κ1) is 21.9. The first-order valence-corrected chi connectivity index (χ1v) is 12.4. The summed E-state index contributed by atoms with van der Waals surface area (Å²) < 4.78 is 0. The predicted octanol–water partition coefficient (Wildman–Crippen LogP) is 9.76. The smallest absolute Gasteiger partial charge is 0.0467 e. The molecule has 0 heterocycles. The number of rotatable bonds is 5. The Labute approximate surface area is 212 Å². The molecule has 6 aromatic carbocycles. The molecule has 0 saturated heterocycles. The lowest BCUT2D eigenvalue weighted by Crippen LogP contribution is -1.96. The Balaban J connectivity index is 1.54. The van der Waals surface area contributed by atoms with E-state index in [1.165, 1.54) is 43.8 Å². The zero-order valence-electron chi connectivity index (χ0n) is 20.5. The highest BCUT2D eigenvalue weighted by Crippen LogP contribution is 2.41. The molecule has 0 aliphatic rings. The molecule has 0 aliphatic heterocycles. The van der Waals surface area contributed by atoms with E-state index in [0.29, 0.717) is 0 Å². The molecule has 36 heavy (non-hydrogen) atoms. The van der Waals surface area contributed by atoms with Crippen LogP contribution in [-0.2, 0) is 0 Å². The van der Waals surface area contributed by atoms with Crippen molar-refractivity contribution >= 4 is 44.3 Å². The van der Waals surface area contributed by atoms with E-state index in [0.717, 1.165) is 22.7 Å². The van der Waals surface area contributed by atoms with Gasteiger partial charge in [-0.2, -0.15) is 0 Å². The second kappa shape index (κ2) is 9.24. The van der Waals surface area contributed by atoms with Crippen molar-refractivity contribution < 1.29 is 0 Å². The molecule has 0 aliphatic carbocycles. The van der Waals surface area contributed by atoms with Crippen LogP contribution in [0, 0.1) is 13.8 Å². The van der Waals surface area contributed by atoms with Gasteiger partial charge >= 0.3 is 0 Å². The first-order chi connectivity index (χ1) is 17.7. The summed E-state index contributed by atoms with van der Waals surface area (Å²) in [6.45, 7) is 4.38. The van der Waals surface area contributed by atoms with E-state index in [2.05, 4.69) is 134 Å². The van der Waals surface area contributed by atoms with Gasteiger partial charge in [0.1, 0.15) is 0 Å². The first-order valence-electron chi connectivity index (χ1n) is 12.4. The molecule has 0 fully saturated rings. The summed E-state index contributed by atoms with van der Waals surface area (Å²) in [4.78, 5) is 0. The maximum atomic E-state index is 3.64. The third kappa shape index (κ3) is 3.97. The maximum absolute atomic E-state index is 3.64. The van der Waals surface area contributed by atoms with Gasteiger partial charge in [-0.3, -0.25) is 0 Å². The number of anilines is 4. The van der Waals surface area contributed by atoms with Gasteiger partial charge in [0.2, 0.25) is 0 Å². The summed E-state index contributed by atoms with van der Waals surface area (Å²) in [5, 5.41) is 12.3. The van der Waals surface area contributed by atoms with Crippen LogP contribution < -0.4 is 10.6 Å². The third-order valence-electron chi connectivity index (χ3n) is 6.89. The number of hydrogen-bond donors (Lipinski definition) is 2. The highest BCUT2D eigenvalue weighted by Gasteiger charge is 2.15. The lowest BCUT2D eigenvalue weighted by molar-refractivity contribution is 1.50. The fraction of sp³-hybridized carbons (Fsp3) is 0.0588. The van der Waals surface area contributed by atoms with Crippen LogP contribution >= 0.6 is 0 Å². The SMILES string of the molecule is Cc1cccc2c(-c3ccc(Nc4ccccc4)c4c(C)cccc34)ccc(Nc3ccccc3)c12. The lowest BCUT2D eigenvalue weighted by atomic mass is 9.90. The quantitative estimate of drug-likeness (QED) is 0.265. The molecule has 0 aromatic heterocycles. The molecule has 6 rings (SSSR count). The van der Waals surface area contributed by atoms with Gasteiger partial charge in [0.15, 0.2) is 0 Å². The van der Waals surface area contributed by atoms with Crippen molar-refractivity contribution in [1.29, 1.82) is 0 Å². The molecule has 174 valence electrons. The maximum Gasteiger partial charge on any atom is 0.0467 e. The van der Waals surface area contributed by atoms with Crippen molar-refractivity contribution in [2.45, 2.75) is 13.8 Å². The molecule has 0 atom stereocenters. The van der Waals surface area contributed by atoms with Gasteiger partial charge in [-0.05, 0) is 83.3 Å². The molecule has 0 bridgehead atoms. The van der Waals surface area contributed by atoms with E-state index in [9.17, 15) is 0 Å². The van der Waals surface area contributed by atoms with Crippen molar-refractivity contribution in [3.8, 4) is 11.1 Å². The highest BCUT2D eigenvalue weighted by atomic mass is 14.9. The zero-order valence-corrected chi connectivity index (χ0v) is 20.5. The average Bonchev–Trinajstić information content (AvgIpc) is 2.91. The van der Waals surface area contributed by atoms with Gasteiger partial charge < -0.3 is 10.6 Å². The summed E-state index contributed by atoms with van der Waals surface area (Å²) in [5.41, 5.74) is 9.44. The number of fused-ring (bicyclic) bond motifs is 2. The highest BCUT2D eigenvalue weighted by molar-refractivity contribution is 6.13. The van der Waals surface area contributed by atoms with E-state index in [1.54, 1.807) is 0 Å². The van der Waals surface area contributed by atoms with Gasteiger partial charge in [0.25, 0.3) is 0 Å². The van der Waals surface area contributed by atoms with Crippen LogP contribution in [0.4, 0.5) is 22.7 Å². The molecular weight excluding hydrogens is 436 g/mol. The number of aryl methyl sites for hydroxylation is 2. The Morgan fingerprint density at radius 2 is 0.806 bits per heavy atom. The van der Waals surface area contributed by atoms with Crippen LogP contribution in [0.1, 0.15) is 11.1 Å². The van der Waals surface area contributed by atoms with Crippen LogP contribution in [0.25, 0.3) is 32.7 Å². The number of para-hydroxylation sites is 2. The average molecular weight is 465 g/mol. The fourth-order valence-corrected chi connectivity index (χ4v) is 5.21. The summed E-state index contributed by atoms with van der Waals surface area (Å²) in [7, 11) is 0. The van der Waals surface area contributed by atoms with Gasteiger partial charge in [-0.1, -0.05) is 84.9 Å². The van der Waals surface area contributed by atoms with Gasteiger partial charge in [-0.15, -0.1) is 0 Å². The Morgan fingerprint density at radius 1 is 0.389 bits per heavy atom. The van der Waals surface area contributed by atoms with Gasteiger partial charge in [-0.25, -0.2) is 0 Å². The molecule has 0 radical (unpaired) electrons. The minimum absolute atomic E-state index is 1.09. The topological polar surface area (TPSA) is 24.1 Å². The molecule has 2 nitrogen and oxygen atoms in total. The summed E-state index contributed by atoms with van der Waals surface area (Å²) >= 11 is 0. The Kier molecular flexibility index (Phi) is 5.63.